The molecule has 2 rings (SSSR count). The first-order chi connectivity index (χ1) is 10.8. The van der Waals surface area contributed by atoms with Gasteiger partial charge < -0.3 is 4.90 Å². The van der Waals surface area contributed by atoms with Gasteiger partial charge in [0.2, 0.25) is 0 Å². The maximum atomic E-state index is 12.8. The molecule has 0 aliphatic rings. The molecule has 122 valence electrons. The van der Waals surface area contributed by atoms with Crippen LogP contribution in [0.25, 0.3) is 0 Å². The lowest BCUT2D eigenvalue weighted by atomic mass is 10.3. The molecular formula is C14H14F3N5O. The van der Waals surface area contributed by atoms with Crippen molar-refractivity contribution in [3.05, 3.63) is 42.5 Å². The van der Waals surface area contributed by atoms with Crippen LogP contribution in [-0.2, 0) is 0 Å². The van der Waals surface area contributed by atoms with Gasteiger partial charge in [-0.25, -0.2) is 15.0 Å². The average Bonchev–Trinajstić information content (AvgIpc) is 2.52. The highest BCUT2D eigenvalue weighted by molar-refractivity contribution is 6.04. The fourth-order valence-electron chi connectivity index (χ4n) is 1.75. The van der Waals surface area contributed by atoms with Gasteiger partial charge in [-0.1, -0.05) is 6.07 Å². The van der Waals surface area contributed by atoms with Crippen LogP contribution in [0, 0.1) is 0 Å². The third kappa shape index (κ3) is 4.38. The third-order valence-corrected chi connectivity index (χ3v) is 2.82. The Hall–Kier alpha value is -2.71. The number of anilines is 2. The van der Waals surface area contributed by atoms with Crippen molar-refractivity contribution in [3.8, 4) is 0 Å². The molecule has 0 saturated carbocycles. The van der Waals surface area contributed by atoms with Crippen LogP contribution >= 0.6 is 0 Å². The van der Waals surface area contributed by atoms with Crippen LogP contribution in [0.4, 0.5) is 24.8 Å². The van der Waals surface area contributed by atoms with Gasteiger partial charge in [0.1, 0.15) is 23.9 Å². The molecule has 0 aromatic carbocycles. The molecule has 23 heavy (non-hydrogen) atoms. The molecule has 0 unspecified atom stereocenters. The molecule has 0 atom stereocenters. The second-order valence-electron chi connectivity index (χ2n) is 4.85. The van der Waals surface area contributed by atoms with E-state index in [4.69, 9.17) is 0 Å². The Kier molecular flexibility index (Phi) is 4.77. The molecular weight excluding hydrogens is 311 g/mol. The van der Waals surface area contributed by atoms with Gasteiger partial charge in [0.25, 0.3) is 5.91 Å². The van der Waals surface area contributed by atoms with Crippen LogP contribution in [0.15, 0.2) is 36.8 Å². The first kappa shape index (κ1) is 16.7. The number of hydrogen-bond acceptors (Lipinski definition) is 5. The fourth-order valence-corrected chi connectivity index (χ4v) is 1.75. The molecule has 6 nitrogen and oxygen atoms in total. The average molecular weight is 325 g/mol. The predicted molar refractivity (Wildman–Crippen MR) is 78.3 cm³/mol. The summed E-state index contributed by atoms with van der Waals surface area (Å²) in [6.07, 6.45) is -0.793. The minimum absolute atomic E-state index is 0.103. The Balaban J connectivity index is 2.33. The van der Waals surface area contributed by atoms with E-state index in [1.165, 1.54) is 24.5 Å². The van der Waals surface area contributed by atoms with Crippen LogP contribution in [0.1, 0.15) is 10.5 Å². The molecule has 0 radical (unpaired) electrons. The number of aromatic nitrogens is 3. The Morgan fingerprint density at radius 3 is 2.30 bits per heavy atom. The van der Waals surface area contributed by atoms with E-state index in [0.29, 0.717) is 10.7 Å². The minimum atomic E-state index is -4.57. The van der Waals surface area contributed by atoms with Crippen molar-refractivity contribution in [2.75, 3.05) is 30.4 Å². The summed E-state index contributed by atoms with van der Waals surface area (Å²) in [5.74, 6) is -0.533. The van der Waals surface area contributed by atoms with Gasteiger partial charge in [0.15, 0.2) is 0 Å². The largest absolute Gasteiger partial charge is 0.406 e. The number of rotatable bonds is 4. The van der Waals surface area contributed by atoms with Gasteiger partial charge in [-0.2, -0.15) is 13.2 Å². The maximum absolute atomic E-state index is 12.8. The number of carbonyl (C=O) groups excluding carboxylic acids is 1. The van der Waals surface area contributed by atoms with E-state index in [-0.39, 0.29) is 11.5 Å². The van der Waals surface area contributed by atoms with Crippen molar-refractivity contribution in [3.63, 3.8) is 0 Å². The molecule has 9 heteroatoms. The highest BCUT2D eigenvalue weighted by Crippen LogP contribution is 2.22. The van der Waals surface area contributed by atoms with Gasteiger partial charge in [-0.05, 0) is 12.1 Å². The van der Waals surface area contributed by atoms with Crippen molar-refractivity contribution in [1.82, 2.24) is 15.0 Å². The van der Waals surface area contributed by atoms with Crippen molar-refractivity contribution in [2.45, 2.75) is 6.18 Å². The smallest absolute Gasteiger partial charge is 0.361 e. The van der Waals surface area contributed by atoms with Crippen molar-refractivity contribution < 1.29 is 18.0 Å². The first-order valence-corrected chi connectivity index (χ1v) is 6.57. The summed E-state index contributed by atoms with van der Waals surface area (Å²) in [5, 5.41) is 0. The van der Waals surface area contributed by atoms with Crippen LogP contribution in [0.3, 0.4) is 0 Å². The minimum Gasteiger partial charge on any atom is -0.361 e. The summed E-state index contributed by atoms with van der Waals surface area (Å²) in [7, 11) is 3.46. The van der Waals surface area contributed by atoms with Crippen LogP contribution in [0.2, 0.25) is 0 Å². The molecule has 0 N–H and O–H groups in total. The molecule has 0 spiro atoms. The zero-order valence-corrected chi connectivity index (χ0v) is 12.4. The lowest BCUT2D eigenvalue weighted by Gasteiger charge is -2.22. The van der Waals surface area contributed by atoms with Gasteiger partial charge in [0, 0.05) is 20.3 Å². The first-order valence-electron chi connectivity index (χ1n) is 6.57. The maximum Gasteiger partial charge on any atom is 0.406 e. The predicted octanol–water partition coefficient (Wildman–Crippen LogP) is 2.15. The Morgan fingerprint density at radius 1 is 1.09 bits per heavy atom. The van der Waals surface area contributed by atoms with E-state index >= 15 is 0 Å². The van der Waals surface area contributed by atoms with Crippen LogP contribution in [0.5, 0.6) is 0 Å². The molecule has 2 heterocycles. The van der Waals surface area contributed by atoms with Crippen molar-refractivity contribution >= 4 is 17.5 Å². The number of halogens is 3. The van der Waals surface area contributed by atoms with Crippen molar-refractivity contribution in [2.24, 2.45) is 0 Å². The quantitative estimate of drug-likeness (QED) is 0.862. The lowest BCUT2D eigenvalue weighted by Crippen LogP contribution is -2.40. The van der Waals surface area contributed by atoms with E-state index in [1.807, 2.05) is 0 Å². The second-order valence-corrected chi connectivity index (χ2v) is 4.85. The number of alkyl halides is 3. The zero-order valence-electron chi connectivity index (χ0n) is 12.4. The molecule has 2 aromatic heterocycles. The van der Waals surface area contributed by atoms with E-state index in [9.17, 15) is 18.0 Å². The van der Waals surface area contributed by atoms with E-state index in [1.54, 1.807) is 25.1 Å². The summed E-state index contributed by atoms with van der Waals surface area (Å²) in [6.45, 7) is -1.46. The molecule has 0 aliphatic heterocycles. The topological polar surface area (TPSA) is 62.2 Å². The fraction of sp³-hybridized carbons (Fsp3) is 0.286. The normalized spacial score (nSPS) is 11.2. The molecule has 1 amide bonds. The number of hydrogen-bond donors (Lipinski definition) is 0. The monoisotopic (exact) mass is 325 g/mol. The van der Waals surface area contributed by atoms with Crippen LogP contribution in [-0.4, -0.2) is 47.7 Å². The van der Waals surface area contributed by atoms with E-state index in [2.05, 4.69) is 15.0 Å². The third-order valence-electron chi connectivity index (χ3n) is 2.82. The second kappa shape index (κ2) is 6.59. The summed E-state index contributed by atoms with van der Waals surface area (Å²) < 4.78 is 38.3. The number of carbonyl (C=O) groups is 1. The Bertz CT molecular complexity index is 658. The summed E-state index contributed by atoms with van der Waals surface area (Å²) in [5.41, 5.74) is -0.189. The highest BCUT2D eigenvalue weighted by Gasteiger charge is 2.35. The van der Waals surface area contributed by atoms with E-state index in [0.717, 1.165) is 6.20 Å². The molecule has 0 aliphatic carbocycles. The summed E-state index contributed by atoms with van der Waals surface area (Å²) >= 11 is 0. The molecule has 0 saturated heterocycles. The highest BCUT2D eigenvalue weighted by atomic mass is 19.4. The Labute approximate surface area is 130 Å². The van der Waals surface area contributed by atoms with Gasteiger partial charge in [-0.3, -0.25) is 9.69 Å². The molecule has 2 aromatic rings. The number of pyridine rings is 1. The van der Waals surface area contributed by atoms with Gasteiger partial charge >= 0.3 is 6.18 Å². The zero-order chi connectivity index (χ0) is 17.0. The molecule has 0 bridgehead atoms. The number of nitrogens with zero attached hydrogens (tertiary/aromatic N) is 5. The van der Waals surface area contributed by atoms with Crippen LogP contribution < -0.4 is 9.80 Å². The van der Waals surface area contributed by atoms with Gasteiger partial charge in [-0.15, -0.1) is 0 Å². The Morgan fingerprint density at radius 2 is 1.83 bits per heavy atom. The SMILES string of the molecule is CN(C)c1cnc(C(=O)N(CC(F)(F)F)c2ccccn2)cn1. The summed E-state index contributed by atoms with van der Waals surface area (Å²) in [6, 6.07) is 4.37. The lowest BCUT2D eigenvalue weighted by molar-refractivity contribution is -0.118. The summed E-state index contributed by atoms with van der Waals surface area (Å²) in [4.78, 5) is 26.2. The van der Waals surface area contributed by atoms with E-state index < -0.39 is 18.6 Å². The molecule has 0 fully saturated rings. The van der Waals surface area contributed by atoms with Gasteiger partial charge in [0.05, 0.1) is 12.4 Å². The number of amides is 1. The van der Waals surface area contributed by atoms with Crippen molar-refractivity contribution in [1.29, 1.82) is 0 Å². The standard InChI is InChI=1S/C14H14F3N5O/c1-21(2)12-8-19-10(7-20-12)13(23)22(9-14(15,16)17)11-5-3-4-6-18-11/h3-8H,9H2,1-2H3.